The Hall–Kier alpha value is -2.25. The van der Waals surface area contributed by atoms with Crippen molar-refractivity contribution >= 4 is 39.3 Å². The maximum atomic E-state index is 12.5. The van der Waals surface area contributed by atoms with Gasteiger partial charge in [0.25, 0.3) is 11.8 Å². The predicted molar refractivity (Wildman–Crippen MR) is 117 cm³/mol. The average molecular weight is 484 g/mol. The molecule has 0 spiro atoms. The molecule has 0 aliphatic rings. The zero-order valence-corrected chi connectivity index (χ0v) is 18.9. The molecule has 0 aliphatic carbocycles. The lowest BCUT2D eigenvalue weighted by atomic mass is 10.1. The minimum absolute atomic E-state index is 0.251. The van der Waals surface area contributed by atoms with E-state index in [1.54, 1.807) is 30.3 Å². The summed E-state index contributed by atoms with van der Waals surface area (Å²) in [6.07, 6.45) is 1.87. The van der Waals surface area contributed by atoms with Gasteiger partial charge in [-0.05, 0) is 61.7 Å². The van der Waals surface area contributed by atoms with Gasteiger partial charge in [0.15, 0.2) is 6.61 Å². The smallest absolute Gasteiger partial charge is 0.276 e. The second-order valence-electron chi connectivity index (χ2n) is 6.50. The highest BCUT2D eigenvalue weighted by atomic mass is 79.9. The zero-order chi connectivity index (χ0) is 21.4. The lowest BCUT2D eigenvalue weighted by Gasteiger charge is -2.13. The normalized spacial score (nSPS) is 10.4. The highest BCUT2D eigenvalue weighted by Gasteiger charge is 2.15. The fourth-order valence-electron chi connectivity index (χ4n) is 2.50. The third kappa shape index (κ3) is 6.94. The maximum absolute atomic E-state index is 12.5. The SMILES string of the molecule is CCCCOc1ccc(Br)cc1C(=O)NNC(=O)COc1cc(C)c(Cl)c(C)c1. The second-order valence-corrected chi connectivity index (χ2v) is 7.80. The summed E-state index contributed by atoms with van der Waals surface area (Å²) < 4.78 is 11.9. The largest absolute Gasteiger partial charge is 0.493 e. The molecule has 0 saturated carbocycles. The first-order valence-electron chi connectivity index (χ1n) is 9.23. The summed E-state index contributed by atoms with van der Waals surface area (Å²) in [5.74, 6) is 0.0117. The topological polar surface area (TPSA) is 76.7 Å². The molecule has 0 radical (unpaired) electrons. The number of rotatable bonds is 8. The molecular weight excluding hydrogens is 460 g/mol. The Bertz CT molecular complexity index is 866. The predicted octanol–water partition coefficient (Wildman–Crippen LogP) is 4.74. The summed E-state index contributed by atoms with van der Waals surface area (Å²) in [4.78, 5) is 24.5. The molecule has 8 heteroatoms. The van der Waals surface area contributed by atoms with Crippen molar-refractivity contribution in [2.75, 3.05) is 13.2 Å². The van der Waals surface area contributed by atoms with Gasteiger partial charge in [0.2, 0.25) is 0 Å². The van der Waals surface area contributed by atoms with Crippen LogP contribution >= 0.6 is 27.5 Å². The van der Waals surface area contributed by atoms with Gasteiger partial charge in [-0.15, -0.1) is 0 Å². The molecule has 0 aliphatic heterocycles. The van der Waals surface area contributed by atoms with Crippen molar-refractivity contribution in [3.05, 3.63) is 56.5 Å². The third-order valence-corrected chi connectivity index (χ3v) is 5.13. The Labute approximate surface area is 184 Å². The standard InChI is InChI=1S/C21H24BrClN2O4/c1-4-5-8-28-18-7-6-15(22)11-17(18)21(27)25-24-19(26)12-29-16-9-13(2)20(23)14(3)10-16/h6-7,9-11H,4-5,8,12H2,1-3H3,(H,24,26)(H,25,27). The van der Waals surface area contributed by atoms with Crippen LogP contribution in [0.4, 0.5) is 0 Å². The fourth-order valence-corrected chi connectivity index (χ4v) is 2.97. The van der Waals surface area contributed by atoms with E-state index in [0.29, 0.717) is 28.7 Å². The van der Waals surface area contributed by atoms with Gasteiger partial charge in [-0.25, -0.2) is 0 Å². The molecule has 0 aromatic heterocycles. The Morgan fingerprint density at radius 2 is 1.76 bits per heavy atom. The zero-order valence-electron chi connectivity index (χ0n) is 16.6. The van der Waals surface area contributed by atoms with Crippen LogP contribution < -0.4 is 20.3 Å². The number of hydrogen-bond donors (Lipinski definition) is 2. The molecule has 0 atom stereocenters. The number of halogens is 2. The van der Waals surface area contributed by atoms with Crippen molar-refractivity contribution < 1.29 is 19.1 Å². The van der Waals surface area contributed by atoms with Crippen LogP contribution in [0.25, 0.3) is 0 Å². The molecule has 29 heavy (non-hydrogen) atoms. The molecule has 2 N–H and O–H groups in total. The van der Waals surface area contributed by atoms with Crippen LogP contribution in [0.5, 0.6) is 11.5 Å². The lowest BCUT2D eigenvalue weighted by molar-refractivity contribution is -0.123. The quantitative estimate of drug-likeness (QED) is 0.420. The van der Waals surface area contributed by atoms with E-state index in [0.717, 1.165) is 28.4 Å². The molecule has 0 unspecified atom stereocenters. The highest BCUT2D eigenvalue weighted by Crippen LogP contribution is 2.26. The van der Waals surface area contributed by atoms with Crippen LogP contribution in [0.15, 0.2) is 34.8 Å². The molecule has 0 saturated heterocycles. The van der Waals surface area contributed by atoms with Crippen LogP contribution in [0.1, 0.15) is 41.3 Å². The number of carbonyl (C=O) groups excluding carboxylic acids is 2. The van der Waals surface area contributed by atoms with Crippen molar-refractivity contribution in [1.29, 1.82) is 0 Å². The van der Waals surface area contributed by atoms with E-state index < -0.39 is 11.8 Å². The number of benzene rings is 2. The number of amides is 2. The molecule has 0 fully saturated rings. The van der Waals surface area contributed by atoms with Crippen LogP contribution in [-0.4, -0.2) is 25.0 Å². The van der Waals surface area contributed by atoms with Crippen LogP contribution in [0.2, 0.25) is 5.02 Å². The van der Waals surface area contributed by atoms with Gasteiger partial charge in [-0.3, -0.25) is 20.4 Å². The number of carbonyl (C=O) groups is 2. The molecule has 0 heterocycles. The number of aryl methyl sites for hydroxylation is 2. The van der Waals surface area contributed by atoms with Gasteiger partial charge < -0.3 is 9.47 Å². The first kappa shape index (κ1) is 23.0. The van der Waals surface area contributed by atoms with Gasteiger partial charge >= 0.3 is 0 Å². The molecule has 6 nitrogen and oxygen atoms in total. The summed E-state index contributed by atoms with van der Waals surface area (Å²) in [6, 6.07) is 8.65. The van der Waals surface area contributed by atoms with E-state index >= 15 is 0 Å². The van der Waals surface area contributed by atoms with E-state index in [9.17, 15) is 9.59 Å². The second kappa shape index (κ2) is 11.1. The van der Waals surface area contributed by atoms with Crippen molar-refractivity contribution in [2.45, 2.75) is 33.6 Å². The Balaban J connectivity index is 1.91. The molecule has 0 bridgehead atoms. The molecule has 2 aromatic carbocycles. The monoisotopic (exact) mass is 482 g/mol. The van der Waals surface area contributed by atoms with Crippen molar-refractivity contribution in [2.24, 2.45) is 0 Å². The molecule has 2 aromatic rings. The van der Waals surface area contributed by atoms with Crippen LogP contribution in [0.3, 0.4) is 0 Å². The fraction of sp³-hybridized carbons (Fsp3) is 0.333. The summed E-state index contributed by atoms with van der Waals surface area (Å²) in [5, 5.41) is 0.667. The van der Waals surface area contributed by atoms with Gasteiger partial charge in [0.1, 0.15) is 11.5 Å². The maximum Gasteiger partial charge on any atom is 0.276 e. The molecule has 2 amide bonds. The van der Waals surface area contributed by atoms with E-state index in [1.165, 1.54) is 0 Å². The highest BCUT2D eigenvalue weighted by molar-refractivity contribution is 9.10. The van der Waals surface area contributed by atoms with E-state index in [1.807, 2.05) is 13.8 Å². The minimum Gasteiger partial charge on any atom is -0.493 e. The molecule has 2 rings (SSSR count). The third-order valence-electron chi connectivity index (χ3n) is 4.04. The van der Waals surface area contributed by atoms with Crippen LogP contribution in [-0.2, 0) is 4.79 Å². The van der Waals surface area contributed by atoms with Gasteiger partial charge in [-0.2, -0.15) is 0 Å². The number of unbranched alkanes of at least 4 members (excludes halogenated alkanes) is 1. The Kier molecular flexibility index (Phi) is 8.79. The summed E-state index contributed by atoms with van der Waals surface area (Å²) >= 11 is 9.46. The first-order chi connectivity index (χ1) is 13.8. The van der Waals surface area contributed by atoms with Gasteiger partial charge in [0, 0.05) is 9.50 Å². The van der Waals surface area contributed by atoms with Crippen molar-refractivity contribution in [1.82, 2.24) is 10.9 Å². The molecule has 156 valence electrons. The number of hydrogen-bond acceptors (Lipinski definition) is 4. The number of nitrogens with one attached hydrogen (secondary N) is 2. The van der Waals surface area contributed by atoms with Crippen molar-refractivity contribution in [3.63, 3.8) is 0 Å². The number of hydrazine groups is 1. The Morgan fingerprint density at radius 1 is 1.07 bits per heavy atom. The van der Waals surface area contributed by atoms with E-state index in [2.05, 4.69) is 33.7 Å². The Morgan fingerprint density at radius 3 is 2.41 bits per heavy atom. The van der Waals surface area contributed by atoms with Crippen LogP contribution in [0, 0.1) is 13.8 Å². The summed E-state index contributed by atoms with van der Waals surface area (Å²) in [6.45, 7) is 6.04. The van der Waals surface area contributed by atoms with Crippen molar-refractivity contribution in [3.8, 4) is 11.5 Å². The van der Waals surface area contributed by atoms with E-state index in [-0.39, 0.29) is 6.61 Å². The lowest BCUT2D eigenvalue weighted by Crippen LogP contribution is -2.44. The number of ether oxygens (including phenoxy) is 2. The minimum atomic E-state index is -0.493. The first-order valence-corrected chi connectivity index (χ1v) is 10.4. The van der Waals surface area contributed by atoms with E-state index in [4.69, 9.17) is 21.1 Å². The summed E-state index contributed by atoms with van der Waals surface area (Å²) in [5.41, 5.74) is 6.77. The van der Waals surface area contributed by atoms with Gasteiger partial charge in [-0.1, -0.05) is 40.9 Å². The summed E-state index contributed by atoms with van der Waals surface area (Å²) in [7, 11) is 0. The van der Waals surface area contributed by atoms with Gasteiger partial charge in [0.05, 0.1) is 12.2 Å². The average Bonchev–Trinajstić information content (AvgIpc) is 2.69. The molecular formula is C21H24BrClN2O4.